The lowest BCUT2D eigenvalue weighted by atomic mass is 9.95. The van der Waals surface area contributed by atoms with Crippen molar-refractivity contribution in [2.45, 2.75) is 59.2 Å². The van der Waals surface area contributed by atoms with Crippen molar-refractivity contribution >= 4 is 40.4 Å². The number of hydrogen-bond donors (Lipinski definition) is 0. The third kappa shape index (κ3) is 2.44. The average molecular weight is 411 g/mol. The third-order valence-electron chi connectivity index (χ3n) is 7.00. The van der Waals surface area contributed by atoms with Gasteiger partial charge < -0.3 is 4.43 Å². The molecule has 0 saturated carbocycles. The van der Waals surface area contributed by atoms with Gasteiger partial charge in [0.25, 0.3) is 0 Å². The van der Waals surface area contributed by atoms with Gasteiger partial charge in [-0.15, -0.1) is 0 Å². The highest BCUT2D eigenvalue weighted by molar-refractivity contribution is 7.53. The molecule has 1 aromatic rings. The van der Waals surface area contributed by atoms with Gasteiger partial charge in [0, 0.05) is 10.8 Å². The number of rotatable bonds is 4. The van der Waals surface area contributed by atoms with Gasteiger partial charge in [-0.2, -0.15) is 0 Å². The van der Waals surface area contributed by atoms with Crippen LogP contribution in [0.3, 0.4) is 0 Å². The molecule has 4 rings (SSSR count). The smallest absolute Gasteiger partial charge is 0.242 e. The largest absolute Gasteiger partial charge is 0.544 e. The van der Waals surface area contributed by atoms with Gasteiger partial charge in [0.2, 0.25) is 8.32 Å². The van der Waals surface area contributed by atoms with Crippen molar-refractivity contribution in [3.8, 4) is 5.75 Å². The Balaban J connectivity index is 1.95. The second kappa shape index (κ2) is 5.55. The van der Waals surface area contributed by atoms with E-state index in [0.717, 1.165) is 22.1 Å². The molecule has 2 aliphatic carbocycles. The molecular formula is C22H30O2Si3. The molecule has 27 heavy (non-hydrogen) atoms. The number of ketones is 1. The van der Waals surface area contributed by atoms with Crippen LogP contribution < -0.4 is 14.9 Å². The quantitative estimate of drug-likeness (QED) is 0.701. The molecule has 0 aromatic heterocycles. The number of allylic oxidation sites excluding steroid dienone is 4. The van der Waals surface area contributed by atoms with Crippen LogP contribution in [-0.4, -0.2) is 29.3 Å². The molecule has 0 radical (unpaired) electrons. The van der Waals surface area contributed by atoms with E-state index in [1.54, 1.807) is 0 Å². The van der Waals surface area contributed by atoms with Gasteiger partial charge in [-0.25, -0.2) is 0 Å². The summed E-state index contributed by atoms with van der Waals surface area (Å²) < 4.78 is 6.41. The molecule has 0 fully saturated rings. The maximum absolute atomic E-state index is 13.7. The van der Waals surface area contributed by atoms with Crippen molar-refractivity contribution in [3.05, 3.63) is 50.7 Å². The zero-order valence-electron chi connectivity index (χ0n) is 17.8. The average Bonchev–Trinajstić information content (AvgIpc) is 3.09. The Labute approximate surface area is 165 Å². The van der Waals surface area contributed by atoms with Gasteiger partial charge in [0.1, 0.15) is 13.3 Å². The maximum atomic E-state index is 13.7. The number of Topliss-reactive ketones (excluding diaryl/α,β-unsaturated/α-hetero) is 1. The van der Waals surface area contributed by atoms with E-state index >= 15 is 0 Å². The zero-order valence-corrected chi connectivity index (χ0v) is 20.8. The highest BCUT2D eigenvalue weighted by Gasteiger charge is 2.64. The van der Waals surface area contributed by atoms with Gasteiger partial charge in [0.05, 0.1) is 7.59 Å². The minimum atomic E-state index is -1.76. The first-order chi connectivity index (χ1) is 12.4. The van der Waals surface area contributed by atoms with Crippen LogP contribution in [0.15, 0.2) is 40.2 Å². The molecule has 0 saturated heterocycles. The number of carbonyl (C=O) groups excluding carboxylic acids is 1. The minimum absolute atomic E-state index is 0.315. The van der Waals surface area contributed by atoms with E-state index in [1.165, 1.54) is 27.2 Å². The van der Waals surface area contributed by atoms with Crippen LogP contribution in [0.25, 0.3) is 11.1 Å². The fourth-order valence-electron chi connectivity index (χ4n) is 4.69. The Morgan fingerprint density at radius 1 is 1.11 bits per heavy atom. The Morgan fingerprint density at radius 2 is 1.78 bits per heavy atom. The van der Waals surface area contributed by atoms with Crippen molar-refractivity contribution < 1.29 is 9.22 Å². The Bertz CT molecular complexity index is 1080. The Kier molecular flexibility index (Phi) is 3.89. The number of hydrogen-bond acceptors (Lipinski definition) is 2. The van der Waals surface area contributed by atoms with E-state index in [2.05, 4.69) is 71.3 Å². The summed E-state index contributed by atoms with van der Waals surface area (Å²) in [4.78, 5) is 13.7. The van der Waals surface area contributed by atoms with E-state index in [1.807, 2.05) is 6.07 Å². The number of fused-ring (bicyclic) bond motifs is 2. The van der Waals surface area contributed by atoms with Crippen molar-refractivity contribution in [2.75, 3.05) is 0 Å². The van der Waals surface area contributed by atoms with Crippen LogP contribution in [0.2, 0.25) is 45.3 Å². The summed E-state index contributed by atoms with van der Waals surface area (Å²) in [6.07, 6.45) is 2.39. The predicted octanol–water partition coefficient (Wildman–Crippen LogP) is 4.02. The van der Waals surface area contributed by atoms with Crippen LogP contribution in [0.4, 0.5) is 0 Å². The minimum Gasteiger partial charge on any atom is -0.544 e. The first-order valence-corrected chi connectivity index (χ1v) is 20.1. The first-order valence-electron chi connectivity index (χ1n) is 9.99. The lowest BCUT2D eigenvalue weighted by Gasteiger charge is -2.29. The van der Waals surface area contributed by atoms with Crippen molar-refractivity contribution in [2.24, 2.45) is 0 Å². The molecule has 3 aliphatic rings. The summed E-state index contributed by atoms with van der Waals surface area (Å²) in [5.74, 6) is 1.22. The van der Waals surface area contributed by atoms with Crippen LogP contribution in [0, 0.1) is 0 Å². The topological polar surface area (TPSA) is 26.3 Å². The van der Waals surface area contributed by atoms with Gasteiger partial charge in [0.15, 0.2) is 5.78 Å². The summed E-state index contributed by atoms with van der Waals surface area (Å²) in [6.45, 7) is 18.5. The van der Waals surface area contributed by atoms with E-state index in [-0.39, 0.29) is 0 Å². The van der Waals surface area contributed by atoms with E-state index in [4.69, 9.17) is 4.43 Å². The summed E-state index contributed by atoms with van der Waals surface area (Å²) >= 11 is 0. The van der Waals surface area contributed by atoms with Gasteiger partial charge in [-0.3, -0.25) is 4.79 Å². The molecule has 1 heterocycles. The third-order valence-corrected chi connectivity index (χ3v) is 25.8. The highest BCUT2D eigenvalue weighted by atomic mass is 29.3. The van der Waals surface area contributed by atoms with Crippen molar-refractivity contribution in [3.63, 3.8) is 0 Å². The predicted molar refractivity (Wildman–Crippen MR) is 122 cm³/mol. The fourth-order valence-corrected chi connectivity index (χ4v) is 18.1. The SMILES string of the molecule is CC[Si](C)(C)[Si]1(C)C2=C1C(=O)C1=c3c(O[Si](C)(C)C)cccc3=C(C)C1=C2. The summed E-state index contributed by atoms with van der Waals surface area (Å²) in [6, 6.07) is 7.50. The molecule has 2 nitrogen and oxygen atoms in total. The summed E-state index contributed by atoms with van der Waals surface area (Å²) in [5, 5.41) is 4.91. The molecule has 5 heteroatoms. The Morgan fingerprint density at radius 3 is 2.37 bits per heavy atom. The normalized spacial score (nSPS) is 23.9. The molecule has 1 atom stereocenters. The number of carbonyl (C=O) groups is 1. The molecule has 1 unspecified atom stereocenters. The first kappa shape index (κ1) is 18.9. The molecule has 0 spiro atoms. The van der Waals surface area contributed by atoms with Crippen LogP contribution in [-0.2, 0) is 4.79 Å². The molecule has 0 amide bonds. The van der Waals surface area contributed by atoms with Crippen molar-refractivity contribution in [1.82, 2.24) is 0 Å². The number of benzene rings is 1. The monoisotopic (exact) mass is 410 g/mol. The van der Waals surface area contributed by atoms with Crippen LogP contribution >= 0.6 is 0 Å². The molecule has 0 N–H and O–H groups in total. The Hall–Kier alpha value is -1.44. The second-order valence-electron chi connectivity index (χ2n) is 9.93. The highest BCUT2D eigenvalue weighted by Crippen LogP contribution is 2.55. The summed E-state index contributed by atoms with van der Waals surface area (Å²) in [5.41, 5.74) is 3.32. The molecular weight excluding hydrogens is 380 g/mol. The van der Waals surface area contributed by atoms with Crippen molar-refractivity contribution in [1.29, 1.82) is 0 Å². The van der Waals surface area contributed by atoms with E-state index in [9.17, 15) is 4.79 Å². The van der Waals surface area contributed by atoms with E-state index in [0.29, 0.717) is 5.78 Å². The lowest BCUT2D eigenvalue weighted by Crippen LogP contribution is -2.50. The van der Waals surface area contributed by atoms with Crippen LogP contribution in [0.5, 0.6) is 5.75 Å². The molecule has 1 aromatic carbocycles. The zero-order chi connectivity index (χ0) is 19.9. The van der Waals surface area contributed by atoms with Crippen LogP contribution in [0.1, 0.15) is 13.8 Å². The molecule has 0 bridgehead atoms. The summed E-state index contributed by atoms with van der Waals surface area (Å²) in [7, 11) is -4.86. The lowest BCUT2D eigenvalue weighted by molar-refractivity contribution is -0.109. The molecule has 142 valence electrons. The maximum Gasteiger partial charge on any atom is 0.242 e. The second-order valence-corrected chi connectivity index (χ2v) is 29.2. The van der Waals surface area contributed by atoms with E-state index < -0.39 is 23.5 Å². The van der Waals surface area contributed by atoms with Gasteiger partial charge in [-0.05, 0) is 54.2 Å². The van der Waals surface area contributed by atoms with Gasteiger partial charge in [-0.1, -0.05) is 56.0 Å². The fraction of sp³-hybridized carbons (Fsp3) is 0.409. The standard InChI is InChI=1S/C22H30O2Si3/c1-9-26(6,7)27(8)18-13-16-14(2)15-11-10-12-17(24-25(3,4)5)19(15)20(16)21(23)22(18)27/h10-13H,9H2,1-8H3. The van der Waals surface area contributed by atoms with Gasteiger partial charge >= 0.3 is 0 Å². The molecule has 1 aliphatic heterocycles.